The quantitative estimate of drug-likeness (QED) is 0.858. The van der Waals surface area contributed by atoms with Crippen molar-refractivity contribution in [3.63, 3.8) is 0 Å². The molecular weight excluding hydrogens is 260 g/mol. The molecule has 0 aromatic heterocycles. The molecule has 106 valence electrons. The molecule has 4 rings (SSSR count). The van der Waals surface area contributed by atoms with E-state index in [0.717, 1.165) is 24.2 Å². The average molecular weight is 278 g/mol. The Balaban J connectivity index is 1.43. The minimum atomic E-state index is 0.0210. The Morgan fingerprint density at radius 2 is 1.76 bits per heavy atom. The van der Waals surface area contributed by atoms with Crippen LogP contribution in [-0.2, 0) is 17.6 Å². The van der Waals surface area contributed by atoms with E-state index in [4.69, 9.17) is 4.74 Å². The zero-order valence-corrected chi connectivity index (χ0v) is 11.9. The van der Waals surface area contributed by atoms with Crippen molar-refractivity contribution in [1.82, 2.24) is 0 Å². The average Bonchev–Trinajstić information content (AvgIpc) is 2.52. The highest BCUT2D eigenvalue weighted by atomic mass is 16.5. The largest absolute Gasteiger partial charge is 0.493 e. The van der Waals surface area contributed by atoms with Crippen LogP contribution in [0.5, 0.6) is 5.75 Å². The van der Waals surface area contributed by atoms with E-state index in [9.17, 15) is 4.79 Å². The molecule has 0 amide bonds. The summed E-state index contributed by atoms with van der Waals surface area (Å²) in [4.78, 5) is 12.5. The van der Waals surface area contributed by atoms with E-state index in [1.54, 1.807) is 0 Å². The van der Waals surface area contributed by atoms with Crippen LogP contribution in [0.25, 0.3) is 0 Å². The van der Waals surface area contributed by atoms with Gasteiger partial charge in [0, 0.05) is 6.42 Å². The Morgan fingerprint density at radius 1 is 1.00 bits per heavy atom. The molecule has 1 aliphatic heterocycles. The van der Waals surface area contributed by atoms with E-state index >= 15 is 0 Å². The maximum atomic E-state index is 12.5. The summed E-state index contributed by atoms with van der Waals surface area (Å²) in [5.41, 5.74) is 3.93. The Labute approximate surface area is 124 Å². The van der Waals surface area contributed by atoms with Crippen LogP contribution in [0.2, 0.25) is 0 Å². The maximum Gasteiger partial charge on any atom is 0.140 e. The Bertz CT molecular complexity index is 689. The van der Waals surface area contributed by atoms with Gasteiger partial charge in [0.25, 0.3) is 0 Å². The van der Waals surface area contributed by atoms with Gasteiger partial charge in [0.15, 0.2) is 0 Å². The van der Waals surface area contributed by atoms with E-state index < -0.39 is 0 Å². The number of ketones is 1. The van der Waals surface area contributed by atoms with Crippen molar-refractivity contribution in [3.05, 3.63) is 65.2 Å². The molecule has 2 aromatic rings. The van der Waals surface area contributed by atoms with E-state index in [1.807, 2.05) is 18.2 Å². The van der Waals surface area contributed by atoms with Crippen molar-refractivity contribution >= 4 is 5.78 Å². The number of carbonyl (C=O) groups excluding carboxylic acids is 1. The number of fused-ring (bicyclic) bond motifs is 2. The molecule has 0 fully saturated rings. The standard InChI is InChI=1S/C19H18O2/c20-18(11-15-9-13-5-1-3-7-17(13)15)16-10-14-6-2-4-8-19(14)21-12-16/h1-8,15-16H,9-12H2. The van der Waals surface area contributed by atoms with Crippen LogP contribution >= 0.6 is 0 Å². The molecule has 21 heavy (non-hydrogen) atoms. The van der Waals surface area contributed by atoms with Crippen molar-refractivity contribution in [2.75, 3.05) is 6.61 Å². The SMILES string of the molecule is O=C(CC1Cc2ccccc21)C1COc2ccccc2C1. The van der Waals surface area contributed by atoms with E-state index in [1.165, 1.54) is 11.1 Å². The molecule has 2 atom stereocenters. The fourth-order valence-corrected chi connectivity index (χ4v) is 3.49. The summed E-state index contributed by atoms with van der Waals surface area (Å²) in [5.74, 6) is 1.73. The predicted molar refractivity (Wildman–Crippen MR) is 81.6 cm³/mol. The first kappa shape index (κ1) is 12.6. The fraction of sp³-hybridized carbons (Fsp3) is 0.316. The molecule has 1 heterocycles. The van der Waals surface area contributed by atoms with Gasteiger partial charge in [-0.15, -0.1) is 0 Å². The highest BCUT2D eigenvalue weighted by molar-refractivity contribution is 5.83. The molecular formula is C19H18O2. The van der Waals surface area contributed by atoms with Crippen LogP contribution in [0.3, 0.4) is 0 Å². The van der Waals surface area contributed by atoms with Crippen LogP contribution in [0.15, 0.2) is 48.5 Å². The lowest BCUT2D eigenvalue weighted by Crippen LogP contribution is -2.31. The number of Topliss-reactive ketones (excluding diaryl/α,β-unsaturated/α-hetero) is 1. The molecule has 2 aromatic carbocycles. The first-order valence-electron chi connectivity index (χ1n) is 7.62. The molecule has 0 bridgehead atoms. The Hall–Kier alpha value is -2.09. The summed E-state index contributed by atoms with van der Waals surface area (Å²) in [6.07, 6.45) is 2.53. The fourth-order valence-electron chi connectivity index (χ4n) is 3.49. The van der Waals surface area contributed by atoms with Crippen LogP contribution in [0, 0.1) is 5.92 Å². The van der Waals surface area contributed by atoms with Crippen LogP contribution in [-0.4, -0.2) is 12.4 Å². The monoisotopic (exact) mass is 278 g/mol. The van der Waals surface area contributed by atoms with E-state index in [2.05, 4.69) is 30.3 Å². The van der Waals surface area contributed by atoms with Crippen molar-refractivity contribution < 1.29 is 9.53 Å². The normalized spacial score (nSPS) is 22.5. The lowest BCUT2D eigenvalue weighted by atomic mass is 9.73. The number of carbonyl (C=O) groups is 1. The third-order valence-corrected chi connectivity index (χ3v) is 4.74. The molecule has 2 nitrogen and oxygen atoms in total. The molecule has 0 spiro atoms. The lowest BCUT2D eigenvalue weighted by Gasteiger charge is -2.31. The van der Waals surface area contributed by atoms with Crippen molar-refractivity contribution in [2.45, 2.75) is 25.2 Å². The number of rotatable bonds is 3. The number of benzene rings is 2. The van der Waals surface area contributed by atoms with Crippen LogP contribution < -0.4 is 4.74 Å². The second-order valence-electron chi connectivity index (χ2n) is 6.09. The van der Waals surface area contributed by atoms with Gasteiger partial charge in [-0.25, -0.2) is 0 Å². The van der Waals surface area contributed by atoms with Crippen molar-refractivity contribution in [2.24, 2.45) is 5.92 Å². The highest BCUT2D eigenvalue weighted by Crippen LogP contribution is 2.38. The highest BCUT2D eigenvalue weighted by Gasteiger charge is 2.32. The van der Waals surface area contributed by atoms with Gasteiger partial charge in [-0.1, -0.05) is 42.5 Å². The minimum Gasteiger partial charge on any atom is -0.493 e. The zero-order valence-electron chi connectivity index (χ0n) is 11.9. The molecule has 1 aliphatic carbocycles. The first-order chi connectivity index (χ1) is 10.3. The van der Waals surface area contributed by atoms with Crippen molar-refractivity contribution in [1.29, 1.82) is 0 Å². The molecule has 2 aliphatic rings. The molecule has 2 heteroatoms. The lowest BCUT2D eigenvalue weighted by molar-refractivity contribution is -0.124. The third-order valence-electron chi connectivity index (χ3n) is 4.74. The van der Waals surface area contributed by atoms with Gasteiger partial charge in [0.1, 0.15) is 11.5 Å². The van der Waals surface area contributed by atoms with Gasteiger partial charge < -0.3 is 4.74 Å². The summed E-state index contributed by atoms with van der Waals surface area (Å²) in [6.45, 7) is 0.532. The van der Waals surface area contributed by atoms with E-state index in [0.29, 0.717) is 24.7 Å². The minimum absolute atomic E-state index is 0.0210. The van der Waals surface area contributed by atoms with Gasteiger partial charge in [-0.05, 0) is 41.5 Å². The second-order valence-corrected chi connectivity index (χ2v) is 6.09. The smallest absolute Gasteiger partial charge is 0.140 e. The van der Waals surface area contributed by atoms with Crippen molar-refractivity contribution in [3.8, 4) is 5.75 Å². The maximum absolute atomic E-state index is 12.5. The van der Waals surface area contributed by atoms with Crippen LogP contribution in [0.1, 0.15) is 29.0 Å². The first-order valence-corrected chi connectivity index (χ1v) is 7.62. The number of para-hydroxylation sites is 1. The molecule has 0 saturated carbocycles. The van der Waals surface area contributed by atoms with Gasteiger partial charge in [0.05, 0.1) is 12.5 Å². The Kier molecular flexibility index (Phi) is 3.03. The number of ether oxygens (including phenoxy) is 1. The van der Waals surface area contributed by atoms with Gasteiger partial charge in [-0.2, -0.15) is 0 Å². The summed E-state index contributed by atoms with van der Waals surface area (Å²) in [7, 11) is 0. The van der Waals surface area contributed by atoms with Gasteiger partial charge in [-0.3, -0.25) is 4.79 Å². The summed E-state index contributed by atoms with van der Waals surface area (Å²) >= 11 is 0. The molecule has 2 unspecified atom stereocenters. The number of hydrogen-bond donors (Lipinski definition) is 0. The summed E-state index contributed by atoms with van der Waals surface area (Å²) in [5, 5.41) is 0. The third kappa shape index (κ3) is 2.25. The topological polar surface area (TPSA) is 26.3 Å². The second kappa shape index (κ2) is 5.03. The summed E-state index contributed by atoms with van der Waals surface area (Å²) in [6, 6.07) is 16.5. The van der Waals surface area contributed by atoms with Gasteiger partial charge in [0.2, 0.25) is 0 Å². The number of hydrogen-bond acceptors (Lipinski definition) is 2. The zero-order chi connectivity index (χ0) is 14.2. The molecule has 0 N–H and O–H groups in total. The molecule has 0 saturated heterocycles. The molecule has 0 radical (unpaired) electrons. The summed E-state index contributed by atoms with van der Waals surface area (Å²) < 4.78 is 5.74. The predicted octanol–water partition coefficient (Wildman–Crippen LogP) is 3.54. The van der Waals surface area contributed by atoms with Gasteiger partial charge >= 0.3 is 0 Å². The Morgan fingerprint density at radius 3 is 2.62 bits per heavy atom. The van der Waals surface area contributed by atoms with Crippen LogP contribution in [0.4, 0.5) is 0 Å². The van der Waals surface area contributed by atoms with E-state index in [-0.39, 0.29) is 5.92 Å².